The minimum absolute atomic E-state index is 0.265. The maximum Gasteiger partial charge on any atom is 0.303 e. The van der Waals surface area contributed by atoms with Gasteiger partial charge in [-0.15, -0.1) is 0 Å². The third-order valence-corrected chi connectivity index (χ3v) is 2.66. The molecular weight excluding hydrogens is 176 g/mol. The number of hydrogen-bond acceptors (Lipinski definition) is 3. The molecule has 4 heteroatoms. The summed E-state index contributed by atoms with van der Waals surface area (Å²) in [5.41, 5.74) is 0. The van der Waals surface area contributed by atoms with Crippen LogP contribution in [0.5, 0.6) is 0 Å². The highest BCUT2D eigenvalue weighted by atomic mass is 32.2. The highest BCUT2D eigenvalue weighted by Gasteiger charge is 2.04. The lowest BCUT2D eigenvalue weighted by atomic mass is 10.2. The van der Waals surface area contributed by atoms with E-state index in [2.05, 4.69) is 0 Å². The van der Waals surface area contributed by atoms with Crippen molar-refractivity contribution in [1.29, 1.82) is 0 Å². The second kappa shape index (κ2) is 7.43. The van der Waals surface area contributed by atoms with Gasteiger partial charge in [-0.2, -0.15) is 11.8 Å². The normalized spacial score (nSPS) is 12.8. The molecule has 0 aromatic heterocycles. The van der Waals surface area contributed by atoms with Gasteiger partial charge in [0.25, 0.3) is 0 Å². The van der Waals surface area contributed by atoms with Crippen molar-refractivity contribution < 1.29 is 14.6 Å². The first-order valence-electron chi connectivity index (χ1n) is 3.99. The Morgan fingerprint density at radius 2 is 2.33 bits per heavy atom. The van der Waals surface area contributed by atoms with Crippen molar-refractivity contribution in [3.63, 3.8) is 0 Å². The van der Waals surface area contributed by atoms with Crippen molar-refractivity contribution in [2.24, 2.45) is 0 Å². The predicted octanol–water partition coefficient (Wildman–Crippen LogP) is 1.62. The van der Waals surface area contributed by atoms with E-state index >= 15 is 0 Å². The lowest BCUT2D eigenvalue weighted by molar-refractivity contribution is -0.137. The number of carbonyl (C=O) groups is 1. The largest absolute Gasteiger partial charge is 0.481 e. The van der Waals surface area contributed by atoms with Crippen LogP contribution < -0.4 is 0 Å². The molecule has 0 heterocycles. The van der Waals surface area contributed by atoms with Crippen molar-refractivity contribution >= 4 is 17.7 Å². The van der Waals surface area contributed by atoms with Crippen molar-refractivity contribution in [3.8, 4) is 0 Å². The van der Waals surface area contributed by atoms with Gasteiger partial charge in [0.2, 0.25) is 0 Å². The summed E-state index contributed by atoms with van der Waals surface area (Å²) in [6.07, 6.45) is 1.00. The van der Waals surface area contributed by atoms with E-state index in [0.717, 1.165) is 18.8 Å². The molecule has 0 saturated heterocycles. The molecule has 1 N–H and O–H groups in total. The zero-order valence-corrected chi connectivity index (χ0v) is 8.39. The Morgan fingerprint density at radius 1 is 1.67 bits per heavy atom. The van der Waals surface area contributed by atoms with Crippen molar-refractivity contribution in [3.05, 3.63) is 0 Å². The molecule has 3 nitrogen and oxygen atoms in total. The van der Waals surface area contributed by atoms with Gasteiger partial charge in [-0.3, -0.25) is 4.79 Å². The molecule has 0 spiro atoms. The fourth-order valence-corrected chi connectivity index (χ4v) is 1.69. The summed E-state index contributed by atoms with van der Waals surface area (Å²) in [7, 11) is 1.67. The van der Waals surface area contributed by atoms with Crippen molar-refractivity contribution in [2.75, 3.05) is 19.5 Å². The first-order chi connectivity index (χ1) is 5.66. The van der Waals surface area contributed by atoms with Gasteiger partial charge in [0, 0.05) is 24.5 Å². The molecule has 0 bridgehead atoms. The third-order valence-electron chi connectivity index (χ3n) is 1.45. The monoisotopic (exact) mass is 192 g/mol. The fraction of sp³-hybridized carbons (Fsp3) is 0.875. The molecule has 0 aromatic carbocycles. The Kier molecular flexibility index (Phi) is 7.29. The SMILES string of the molecule is COCCSC(C)CCC(=O)O. The molecule has 0 aliphatic rings. The number of methoxy groups -OCH3 is 1. The van der Waals surface area contributed by atoms with Gasteiger partial charge < -0.3 is 9.84 Å². The number of carboxylic acids is 1. The molecule has 1 unspecified atom stereocenters. The molecule has 0 aromatic rings. The summed E-state index contributed by atoms with van der Waals surface area (Å²) in [5.74, 6) is 0.228. The van der Waals surface area contributed by atoms with Crippen LogP contribution in [0.4, 0.5) is 0 Å². The molecule has 12 heavy (non-hydrogen) atoms. The lowest BCUT2D eigenvalue weighted by Crippen LogP contribution is -2.04. The summed E-state index contributed by atoms with van der Waals surface area (Å²) in [4.78, 5) is 10.2. The van der Waals surface area contributed by atoms with Gasteiger partial charge in [-0.05, 0) is 6.42 Å². The van der Waals surface area contributed by atoms with Crippen LogP contribution in [0.15, 0.2) is 0 Å². The summed E-state index contributed by atoms with van der Waals surface area (Å²) >= 11 is 1.75. The van der Waals surface area contributed by atoms with Crippen LogP contribution in [-0.4, -0.2) is 35.8 Å². The minimum atomic E-state index is -0.714. The van der Waals surface area contributed by atoms with Crippen molar-refractivity contribution in [1.82, 2.24) is 0 Å². The van der Waals surface area contributed by atoms with Crippen LogP contribution in [-0.2, 0) is 9.53 Å². The average Bonchev–Trinajstić information content (AvgIpc) is 2.01. The zero-order chi connectivity index (χ0) is 9.40. The fourth-order valence-electron chi connectivity index (χ4n) is 0.743. The second-order valence-electron chi connectivity index (χ2n) is 2.61. The molecular formula is C8H16O3S. The van der Waals surface area contributed by atoms with Crippen LogP contribution in [0.1, 0.15) is 19.8 Å². The Bertz CT molecular complexity index is 127. The number of ether oxygens (including phenoxy) is 1. The van der Waals surface area contributed by atoms with E-state index in [0.29, 0.717) is 5.25 Å². The maximum absolute atomic E-state index is 10.2. The van der Waals surface area contributed by atoms with E-state index in [1.807, 2.05) is 6.92 Å². The number of rotatable bonds is 7. The highest BCUT2D eigenvalue weighted by molar-refractivity contribution is 7.99. The van der Waals surface area contributed by atoms with Crippen LogP contribution in [0, 0.1) is 0 Å². The van der Waals surface area contributed by atoms with E-state index in [9.17, 15) is 4.79 Å². The maximum atomic E-state index is 10.2. The molecule has 0 fully saturated rings. The lowest BCUT2D eigenvalue weighted by Gasteiger charge is -2.08. The molecule has 0 radical (unpaired) electrons. The number of hydrogen-bond donors (Lipinski definition) is 1. The van der Waals surface area contributed by atoms with Gasteiger partial charge in [-0.25, -0.2) is 0 Å². The molecule has 0 aliphatic heterocycles. The molecule has 0 amide bonds. The summed E-state index contributed by atoms with van der Waals surface area (Å²) in [6.45, 7) is 2.78. The molecule has 72 valence electrons. The Hall–Kier alpha value is -0.220. The van der Waals surface area contributed by atoms with Crippen LogP contribution >= 0.6 is 11.8 Å². The van der Waals surface area contributed by atoms with E-state index in [-0.39, 0.29) is 6.42 Å². The van der Waals surface area contributed by atoms with Gasteiger partial charge in [0.05, 0.1) is 6.61 Å². The highest BCUT2D eigenvalue weighted by Crippen LogP contribution is 2.14. The molecule has 1 atom stereocenters. The second-order valence-corrected chi connectivity index (χ2v) is 4.15. The van der Waals surface area contributed by atoms with E-state index in [4.69, 9.17) is 9.84 Å². The van der Waals surface area contributed by atoms with Crippen LogP contribution in [0.3, 0.4) is 0 Å². The summed E-state index contributed by atoms with van der Waals surface area (Å²) in [5, 5.41) is 8.81. The minimum Gasteiger partial charge on any atom is -0.481 e. The molecule has 0 aliphatic carbocycles. The van der Waals surface area contributed by atoms with Gasteiger partial charge in [-0.1, -0.05) is 6.92 Å². The van der Waals surface area contributed by atoms with Crippen LogP contribution in [0.2, 0.25) is 0 Å². The van der Waals surface area contributed by atoms with Crippen LogP contribution in [0.25, 0.3) is 0 Å². The third kappa shape index (κ3) is 7.88. The predicted molar refractivity (Wildman–Crippen MR) is 50.7 cm³/mol. The average molecular weight is 192 g/mol. The Balaban J connectivity index is 3.21. The van der Waals surface area contributed by atoms with E-state index in [1.54, 1.807) is 18.9 Å². The standard InChI is InChI=1S/C8H16O3S/c1-7(3-4-8(9)10)12-6-5-11-2/h7H,3-6H2,1-2H3,(H,9,10). The topological polar surface area (TPSA) is 46.5 Å². The van der Waals surface area contributed by atoms with Gasteiger partial charge in [0.1, 0.15) is 0 Å². The summed E-state index contributed by atoms with van der Waals surface area (Å²) < 4.78 is 4.88. The number of thioether (sulfide) groups is 1. The number of aliphatic carboxylic acids is 1. The first-order valence-corrected chi connectivity index (χ1v) is 5.04. The van der Waals surface area contributed by atoms with Gasteiger partial charge >= 0.3 is 5.97 Å². The smallest absolute Gasteiger partial charge is 0.303 e. The zero-order valence-electron chi connectivity index (χ0n) is 7.58. The van der Waals surface area contributed by atoms with E-state index < -0.39 is 5.97 Å². The van der Waals surface area contributed by atoms with Gasteiger partial charge in [0.15, 0.2) is 0 Å². The van der Waals surface area contributed by atoms with Crippen molar-refractivity contribution in [2.45, 2.75) is 25.0 Å². The van der Waals surface area contributed by atoms with E-state index in [1.165, 1.54) is 0 Å². The molecule has 0 rings (SSSR count). The Morgan fingerprint density at radius 3 is 2.83 bits per heavy atom. The quantitative estimate of drug-likeness (QED) is 0.623. The molecule has 0 saturated carbocycles. The number of carboxylic acid groups (broad SMARTS) is 1. The Labute approximate surface area is 77.5 Å². The first kappa shape index (κ1) is 11.8. The summed E-state index contributed by atoms with van der Waals surface area (Å²) in [6, 6.07) is 0.